The third-order valence-electron chi connectivity index (χ3n) is 7.57. The molecule has 1 unspecified atom stereocenters. The molecule has 7 nitrogen and oxygen atoms in total. The Kier molecular flexibility index (Phi) is 9.84. The average Bonchev–Trinajstić information content (AvgIpc) is 3.22. The highest BCUT2D eigenvalue weighted by Crippen LogP contribution is 2.40. The molecule has 1 fully saturated rings. The van der Waals surface area contributed by atoms with Gasteiger partial charge in [0.2, 0.25) is 0 Å². The molecule has 216 valence electrons. The van der Waals surface area contributed by atoms with E-state index in [9.17, 15) is 14.7 Å². The first kappa shape index (κ1) is 29.9. The van der Waals surface area contributed by atoms with E-state index in [0.29, 0.717) is 30.9 Å². The van der Waals surface area contributed by atoms with Gasteiger partial charge in [-0.3, -0.25) is 9.59 Å². The molecule has 3 aromatic rings. The first-order valence-corrected chi connectivity index (χ1v) is 14.3. The summed E-state index contributed by atoms with van der Waals surface area (Å²) in [4.78, 5) is 32.6. The number of nitrogens with zero attached hydrogens (tertiary/aromatic N) is 3. The molecule has 1 N–H and O–H groups in total. The van der Waals surface area contributed by atoms with Gasteiger partial charge in [0, 0.05) is 30.9 Å². The number of amides is 1. The van der Waals surface area contributed by atoms with Gasteiger partial charge in [0.1, 0.15) is 18.1 Å². The van der Waals surface area contributed by atoms with Crippen LogP contribution in [0.25, 0.3) is 5.76 Å². The highest BCUT2D eigenvalue weighted by molar-refractivity contribution is 6.46. The summed E-state index contributed by atoms with van der Waals surface area (Å²) in [6.45, 7) is 9.49. The molecule has 0 radical (unpaired) electrons. The van der Waals surface area contributed by atoms with Crippen molar-refractivity contribution in [2.75, 3.05) is 45.2 Å². The van der Waals surface area contributed by atoms with Gasteiger partial charge in [0.25, 0.3) is 11.7 Å². The molecular formula is C34H41N3O4. The lowest BCUT2D eigenvalue weighted by Crippen LogP contribution is -2.32. The van der Waals surface area contributed by atoms with Gasteiger partial charge >= 0.3 is 0 Å². The van der Waals surface area contributed by atoms with Crippen LogP contribution in [0.3, 0.4) is 0 Å². The Labute approximate surface area is 243 Å². The van der Waals surface area contributed by atoms with Gasteiger partial charge in [-0.15, -0.1) is 0 Å². The Hall–Kier alpha value is -4.10. The molecule has 7 heteroatoms. The molecule has 3 aromatic carbocycles. The minimum atomic E-state index is -0.669. The third kappa shape index (κ3) is 6.80. The Balaban J connectivity index is 1.69. The summed E-state index contributed by atoms with van der Waals surface area (Å²) in [7, 11) is 3.96. The minimum absolute atomic E-state index is 0.118. The molecule has 0 spiro atoms. The van der Waals surface area contributed by atoms with Crippen molar-refractivity contribution in [1.82, 2.24) is 9.80 Å². The first-order valence-electron chi connectivity index (χ1n) is 14.3. The van der Waals surface area contributed by atoms with Gasteiger partial charge in [-0.2, -0.15) is 0 Å². The maximum atomic E-state index is 13.4. The summed E-state index contributed by atoms with van der Waals surface area (Å²) in [5, 5.41) is 11.5. The molecule has 0 aliphatic carbocycles. The van der Waals surface area contributed by atoms with Crippen LogP contribution in [0.1, 0.15) is 48.6 Å². The van der Waals surface area contributed by atoms with E-state index in [-0.39, 0.29) is 11.3 Å². The first-order chi connectivity index (χ1) is 19.7. The predicted molar refractivity (Wildman–Crippen MR) is 164 cm³/mol. The molecule has 1 atom stereocenters. The fraction of sp³-hybridized carbons (Fsp3) is 0.353. The lowest BCUT2D eigenvalue weighted by atomic mass is 9.94. The van der Waals surface area contributed by atoms with Crippen LogP contribution in [-0.2, 0) is 16.2 Å². The lowest BCUT2D eigenvalue weighted by molar-refractivity contribution is -0.139. The van der Waals surface area contributed by atoms with Crippen LogP contribution in [0.5, 0.6) is 5.75 Å². The molecule has 1 aliphatic rings. The number of hydrogen-bond acceptors (Lipinski definition) is 6. The molecule has 0 saturated carbocycles. The Morgan fingerprint density at radius 3 is 2.24 bits per heavy atom. The number of hydrogen-bond donors (Lipinski definition) is 1. The van der Waals surface area contributed by atoms with Crippen molar-refractivity contribution in [3.8, 4) is 5.75 Å². The van der Waals surface area contributed by atoms with E-state index >= 15 is 0 Å². The summed E-state index contributed by atoms with van der Waals surface area (Å²) in [6.07, 6.45) is 0.709. The van der Waals surface area contributed by atoms with Crippen molar-refractivity contribution >= 4 is 23.1 Å². The van der Waals surface area contributed by atoms with Crippen molar-refractivity contribution < 1.29 is 19.4 Å². The van der Waals surface area contributed by atoms with Gasteiger partial charge in [0.15, 0.2) is 0 Å². The summed E-state index contributed by atoms with van der Waals surface area (Å²) in [6, 6.07) is 22.5. The maximum Gasteiger partial charge on any atom is 0.295 e. The number of ether oxygens (including phenoxy) is 1. The number of carbonyl (C=O) groups excluding carboxylic acids is 2. The van der Waals surface area contributed by atoms with Crippen molar-refractivity contribution in [2.45, 2.75) is 39.8 Å². The summed E-state index contributed by atoms with van der Waals surface area (Å²) >= 11 is 0. The van der Waals surface area contributed by atoms with Crippen molar-refractivity contribution in [3.63, 3.8) is 0 Å². The summed E-state index contributed by atoms with van der Waals surface area (Å²) in [5.74, 6) is -0.720. The van der Waals surface area contributed by atoms with E-state index in [1.807, 2.05) is 75.6 Å². The lowest BCUT2D eigenvalue weighted by Gasteiger charge is -2.27. The SMILES string of the molecule is CCN(CC)c1ccc(C2/C(=C(/O)c3ccc(OCc4ccccc4)c(C)c3)C(=O)C(=O)N2CCCN(C)C)cc1. The molecule has 1 aliphatic heterocycles. The van der Waals surface area contributed by atoms with Crippen LogP contribution in [0.15, 0.2) is 78.4 Å². The maximum absolute atomic E-state index is 13.4. The quantitative estimate of drug-likeness (QED) is 0.173. The Morgan fingerprint density at radius 1 is 0.951 bits per heavy atom. The second-order valence-electron chi connectivity index (χ2n) is 10.7. The second kappa shape index (κ2) is 13.5. The molecule has 4 rings (SSSR count). The molecule has 1 saturated heterocycles. The van der Waals surface area contributed by atoms with Gasteiger partial charge in [-0.05, 0) is 94.9 Å². The fourth-order valence-corrected chi connectivity index (χ4v) is 5.32. The number of aliphatic hydroxyl groups excluding tert-OH is 1. The zero-order chi connectivity index (χ0) is 29.5. The molecule has 0 bridgehead atoms. The zero-order valence-corrected chi connectivity index (χ0v) is 24.8. The van der Waals surface area contributed by atoms with Crippen LogP contribution in [-0.4, -0.2) is 66.9 Å². The van der Waals surface area contributed by atoms with Gasteiger partial charge < -0.3 is 24.5 Å². The van der Waals surface area contributed by atoms with Crippen LogP contribution in [0, 0.1) is 6.92 Å². The highest BCUT2D eigenvalue weighted by Gasteiger charge is 2.45. The highest BCUT2D eigenvalue weighted by atomic mass is 16.5. The number of anilines is 1. The number of Topliss-reactive ketones (excluding diaryl/α,β-unsaturated/α-hetero) is 1. The number of aryl methyl sites for hydroxylation is 1. The normalized spacial score (nSPS) is 16.4. The average molecular weight is 556 g/mol. The number of benzene rings is 3. The second-order valence-corrected chi connectivity index (χ2v) is 10.7. The minimum Gasteiger partial charge on any atom is -0.507 e. The van der Waals surface area contributed by atoms with E-state index in [4.69, 9.17) is 4.74 Å². The summed E-state index contributed by atoms with van der Waals surface area (Å²) < 4.78 is 6.01. The number of rotatable bonds is 12. The van der Waals surface area contributed by atoms with Crippen molar-refractivity contribution in [1.29, 1.82) is 0 Å². The van der Waals surface area contributed by atoms with Gasteiger partial charge in [-0.25, -0.2) is 0 Å². The summed E-state index contributed by atoms with van der Waals surface area (Å²) in [5.41, 5.74) is 4.35. The van der Waals surface area contributed by atoms with E-state index in [0.717, 1.165) is 42.0 Å². The molecule has 41 heavy (non-hydrogen) atoms. The number of aliphatic hydroxyl groups is 1. The van der Waals surface area contributed by atoms with Crippen LogP contribution < -0.4 is 9.64 Å². The van der Waals surface area contributed by atoms with Gasteiger partial charge in [-0.1, -0.05) is 42.5 Å². The number of carbonyl (C=O) groups is 2. The van der Waals surface area contributed by atoms with Gasteiger partial charge in [0.05, 0.1) is 11.6 Å². The van der Waals surface area contributed by atoms with Crippen molar-refractivity contribution in [2.24, 2.45) is 0 Å². The van der Waals surface area contributed by atoms with E-state index < -0.39 is 17.7 Å². The van der Waals surface area contributed by atoms with E-state index in [1.54, 1.807) is 23.1 Å². The van der Waals surface area contributed by atoms with Crippen molar-refractivity contribution in [3.05, 3.63) is 101 Å². The Morgan fingerprint density at radius 2 is 1.63 bits per heavy atom. The Bertz CT molecular complexity index is 1380. The fourth-order valence-electron chi connectivity index (χ4n) is 5.32. The molecule has 1 heterocycles. The predicted octanol–water partition coefficient (Wildman–Crippen LogP) is 5.79. The van der Waals surface area contributed by atoms with Crippen LogP contribution in [0.2, 0.25) is 0 Å². The molecular weight excluding hydrogens is 514 g/mol. The van der Waals surface area contributed by atoms with Crippen LogP contribution >= 0.6 is 0 Å². The standard InChI is InChI=1S/C34H41N3O4/c1-6-36(7-2)28-17-14-26(15-18-28)31-30(33(39)34(40)37(31)21-11-20-35(4)5)32(38)27-16-19-29(24(3)22-27)41-23-25-12-9-8-10-13-25/h8-10,12-19,22,31,38H,6-7,11,20-21,23H2,1-5H3/b32-30-. The monoisotopic (exact) mass is 555 g/mol. The smallest absolute Gasteiger partial charge is 0.295 e. The number of likely N-dealkylation sites (tertiary alicyclic amines) is 1. The number of ketones is 1. The third-order valence-corrected chi connectivity index (χ3v) is 7.57. The molecule has 0 aromatic heterocycles. The topological polar surface area (TPSA) is 73.3 Å². The molecule has 1 amide bonds. The largest absolute Gasteiger partial charge is 0.507 e. The van der Waals surface area contributed by atoms with Crippen LogP contribution in [0.4, 0.5) is 5.69 Å². The van der Waals surface area contributed by atoms with E-state index in [2.05, 4.69) is 23.6 Å². The zero-order valence-electron chi connectivity index (χ0n) is 24.8. The van der Waals surface area contributed by atoms with E-state index in [1.165, 1.54) is 0 Å².